The first-order valence-corrected chi connectivity index (χ1v) is 19.9. The van der Waals surface area contributed by atoms with Gasteiger partial charge in [0.05, 0.1) is 18.5 Å². The van der Waals surface area contributed by atoms with Gasteiger partial charge in [-0.05, 0) is 43.4 Å². The average Bonchev–Trinajstić information content (AvgIpc) is 3.11. The standard InChI is InChI=1S/C40H63ClN4O10/c1-26(2)36(42)39(53)43-27(3)38(52)44-33(25-35(49)50)37(51)32(41)24-31(48)17-15-13-11-9-7-5-6-8-10-12-14-16-22-45(28(4)46)34(40(54)55)23-29-18-20-30(47)21-19-29/h18-21,26-27,32-34,36,47H,5-17,22-25,42H2,1-4H3,(H,43,53)(H,44,52)(H,49,50)(H,54,55)/t27-,32?,33-,34-,36-/m0/s1. The summed E-state index contributed by atoms with van der Waals surface area (Å²) in [6.07, 6.45) is 11.0. The van der Waals surface area contributed by atoms with Crippen LogP contribution in [-0.4, -0.2) is 97.5 Å². The molecule has 0 spiro atoms. The molecular weight excluding hydrogens is 732 g/mol. The number of halogens is 1. The maximum atomic E-state index is 12.9. The topological polar surface area (TPSA) is 234 Å². The number of Topliss-reactive ketones (excluding diaryl/α,β-unsaturated/α-hetero) is 2. The minimum atomic E-state index is -1.47. The van der Waals surface area contributed by atoms with Gasteiger partial charge in [-0.15, -0.1) is 11.6 Å². The number of carbonyl (C=O) groups is 7. The Morgan fingerprint density at radius 3 is 1.73 bits per heavy atom. The number of aliphatic carboxylic acids is 2. The van der Waals surface area contributed by atoms with Crippen LogP contribution in [0.5, 0.6) is 5.75 Å². The van der Waals surface area contributed by atoms with Gasteiger partial charge in [0, 0.05) is 32.7 Å². The molecule has 0 saturated heterocycles. The summed E-state index contributed by atoms with van der Waals surface area (Å²) in [4.78, 5) is 87.3. The fraction of sp³-hybridized carbons (Fsp3) is 0.675. The Morgan fingerprint density at radius 1 is 0.745 bits per heavy atom. The monoisotopic (exact) mass is 794 g/mol. The third-order valence-electron chi connectivity index (χ3n) is 9.56. The number of unbranched alkanes of at least 4 members (excludes halogenated alkanes) is 11. The minimum Gasteiger partial charge on any atom is -0.508 e. The van der Waals surface area contributed by atoms with Gasteiger partial charge in [-0.3, -0.25) is 28.8 Å². The van der Waals surface area contributed by atoms with Crippen molar-refractivity contribution in [3.8, 4) is 5.75 Å². The van der Waals surface area contributed by atoms with E-state index in [1.807, 2.05) is 0 Å². The number of aromatic hydroxyl groups is 1. The first-order valence-electron chi connectivity index (χ1n) is 19.5. The van der Waals surface area contributed by atoms with E-state index in [-0.39, 0.29) is 42.6 Å². The Morgan fingerprint density at radius 2 is 1.25 bits per heavy atom. The lowest BCUT2D eigenvalue weighted by Crippen LogP contribution is -2.55. The quantitative estimate of drug-likeness (QED) is 0.0453. The largest absolute Gasteiger partial charge is 0.508 e. The van der Waals surface area contributed by atoms with E-state index in [1.54, 1.807) is 26.0 Å². The highest BCUT2D eigenvalue weighted by Crippen LogP contribution is 2.18. The van der Waals surface area contributed by atoms with Gasteiger partial charge in [0.2, 0.25) is 17.7 Å². The van der Waals surface area contributed by atoms with Crippen molar-refractivity contribution in [1.29, 1.82) is 0 Å². The minimum absolute atomic E-state index is 0.0977. The number of carboxylic acid groups (broad SMARTS) is 2. The summed E-state index contributed by atoms with van der Waals surface area (Å²) < 4.78 is 0. The Hall–Kier alpha value is -4.04. The molecule has 0 aliphatic rings. The highest BCUT2D eigenvalue weighted by atomic mass is 35.5. The zero-order valence-electron chi connectivity index (χ0n) is 32.9. The number of phenolic OH excluding ortho intramolecular Hbond substituents is 1. The second-order valence-electron chi connectivity index (χ2n) is 14.7. The maximum absolute atomic E-state index is 12.9. The van der Waals surface area contributed by atoms with Gasteiger partial charge in [-0.1, -0.05) is 90.2 Å². The number of hydrogen-bond acceptors (Lipinski definition) is 9. The molecule has 55 heavy (non-hydrogen) atoms. The molecule has 15 heteroatoms. The number of ketones is 2. The van der Waals surface area contributed by atoms with E-state index in [4.69, 9.17) is 17.3 Å². The van der Waals surface area contributed by atoms with Crippen molar-refractivity contribution in [3.63, 3.8) is 0 Å². The maximum Gasteiger partial charge on any atom is 0.326 e. The molecule has 1 rings (SSSR count). The zero-order chi connectivity index (χ0) is 41.5. The molecular formula is C40H63ClN4O10. The predicted octanol–water partition coefficient (Wildman–Crippen LogP) is 4.89. The summed E-state index contributed by atoms with van der Waals surface area (Å²) in [7, 11) is 0. The van der Waals surface area contributed by atoms with Crippen molar-refractivity contribution in [2.45, 2.75) is 160 Å². The molecule has 3 amide bonds. The van der Waals surface area contributed by atoms with E-state index in [0.29, 0.717) is 13.0 Å². The van der Waals surface area contributed by atoms with Crippen molar-refractivity contribution in [1.82, 2.24) is 15.5 Å². The predicted molar refractivity (Wildman–Crippen MR) is 210 cm³/mol. The molecule has 7 N–H and O–H groups in total. The van der Waals surface area contributed by atoms with Crippen LogP contribution < -0.4 is 16.4 Å². The first-order chi connectivity index (χ1) is 25.9. The van der Waals surface area contributed by atoms with Crippen molar-refractivity contribution in [2.24, 2.45) is 11.7 Å². The van der Waals surface area contributed by atoms with E-state index >= 15 is 0 Å². The van der Waals surface area contributed by atoms with E-state index in [9.17, 15) is 48.9 Å². The lowest BCUT2D eigenvalue weighted by Gasteiger charge is -2.28. The molecule has 0 aromatic heterocycles. The van der Waals surface area contributed by atoms with Gasteiger partial charge in [0.1, 0.15) is 29.0 Å². The molecule has 0 heterocycles. The number of nitrogens with two attached hydrogens (primary N) is 1. The van der Waals surface area contributed by atoms with Crippen molar-refractivity contribution >= 4 is 52.8 Å². The smallest absolute Gasteiger partial charge is 0.326 e. The molecule has 0 aliphatic heterocycles. The number of nitrogens with zero attached hydrogens (tertiary/aromatic N) is 1. The number of hydrogen-bond donors (Lipinski definition) is 6. The summed E-state index contributed by atoms with van der Waals surface area (Å²) in [5, 5.41) is 32.0. The average molecular weight is 795 g/mol. The first kappa shape index (κ1) is 49.0. The Bertz CT molecular complexity index is 1390. The van der Waals surface area contributed by atoms with Crippen LogP contribution in [0, 0.1) is 5.92 Å². The number of carbonyl (C=O) groups excluding carboxylic acids is 5. The lowest BCUT2D eigenvalue weighted by atomic mass is 9.99. The van der Waals surface area contributed by atoms with E-state index in [0.717, 1.165) is 76.2 Å². The summed E-state index contributed by atoms with van der Waals surface area (Å²) in [6, 6.07) is 1.96. The van der Waals surface area contributed by atoms with Crippen LogP contribution in [0.4, 0.5) is 0 Å². The summed E-state index contributed by atoms with van der Waals surface area (Å²) in [5.41, 5.74) is 6.53. The third kappa shape index (κ3) is 20.5. The second kappa shape index (κ2) is 26.7. The molecule has 0 saturated carbocycles. The van der Waals surface area contributed by atoms with Crippen molar-refractivity contribution < 1.29 is 48.9 Å². The van der Waals surface area contributed by atoms with Crippen LogP contribution in [0.15, 0.2) is 24.3 Å². The number of nitrogens with one attached hydrogen (secondary N) is 2. The van der Waals surface area contributed by atoms with Crippen molar-refractivity contribution in [3.05, 3.63) is 29.8 Å². The van der Waals surface area contributed by atoms with Crippen LogP contribution in [0.25, 0.3) is 0 Å². The van der Waals surface area contributed by atoms with Crippen LogP contribution in [-0.2, 0) is 40.0 Å². The molecule has 0 aliphatic carbocycles. The zero-order valence-corrected chi connectivity index (χ0v) is 33.7. The van der Waals surface area contributed by atoms with Crippen LogP contribution in [0.2, 0.25) is 0 Å². The summed E-state index contributed by atoms with van der Waals surface area (Å²) in [6.45, 7) is 6.64. The SMILES string of the molecule is CC(=O)N(CCCCCCCCCCCCCCC(=O)CC(Cl)C(=O)[C@H](CC(=O)O)NC(=O)[C@H](C)NC(=O)[C@@H](N)C(C)C)[C@@H](Cc1ccc(O)cc1)C(=O)O. The van der Waals surface area contributed by atoms with Gasteiger partial charge in [0.25, 0.3) is 0 Å². The number of benzene rings is 1. The molecule has 1 aromatic rings. The van der Waals surface area contributed by atoms with Crippen LogP contribution >= 0.6 is 11.6 Å². The number of phenols is 1. The fourth-order valence-corrected chi connectivity index (χ4v) is 6.41. The van der Waals surface area contributed by atoms with Crippen LogP contribution in [0.3, 0.4) is 0 Å². The third-order valence-corrected chi connectivity index (χ3v) is 9.93. The highest BCUT2D eigenvalue weighted by molar-refractivity contribution is 6.33. The molecule has 1 unspecified atom stereocenters. The Balaban J connectivity index is 2.25. The number of alkyl halides is 1. The van der Waals surface area contributed by atoms with E-state index in [2.05, 4.69) is 10.6 Å². The van der Waals surface area contributed by atoms with Crippen molar-refractivity contribution in [2.75, 3.05) is 6.54 Å². The molecule has 0 bridgehead atoms. The molecule has 0 radical (unpaired) electrons. The normalized spacial score (nSPS) is 13.9. The van der Waals surface area contributed by atoms with Gasteiger partial charge in [0.15, 0.2) is 5.78 Å². The number of carboxylic acids is 2. The second-order valence-corrected chi connectivity index (χ2v) is 15.2. The fourth-order valence-electron chi connectivity index (χ4n) is 6.08. The van der Waals surface area contributed by atoms with Gasteiger partial charge < -0.3 is 36.6 Å². The van der Waals surface area contributed by atoms with Gasteiger partial charge in [-0.25, -0.2) is 4.79 Å². The highest BCUT2D eigenvalue weighted by Gasteiger charge is 2.32. The summed E-state index contributed by atoms with van der Waals surface area (Å²) >= 11 is 6.22. The van der Waals surface area contributed by atoms with Gasteiger partial charge >= 0.3 is 11.9 Å². The molecule has 0 fully saturated rings. The summed E-state index contributed by atoms with van der Waals surface area (Å²) in [5.74, 6) is -5.08. The molecule has 5 atom stereocenters. The molecule has 14 nitrogen and oxygen atoms in total. The Labute approximate surface area is 330 Å². The number of amides is 3. The lowest BCUT2D eigenvalue weighted by molar-refractivity contribution is -0.149. The molecule has 1 aromatic carbocycles. The Kier molecular flexibility index (Phi) is 23.8. The van der Waals surface area contributed by atoms with Gasteiger partial charge in [-0.2, -0.15) is 0 Å². The molecule has 310 valence electrons. The van der Waals surface area contributed by atoms with E-state index < -0.39 is 65.5 Å². The van der Waals surface area contributed by atoms with E-state index in [1.165, 1.54) is 30.9 Å². The van der Waals surface area contributed by atoms with Crippen LogP contribution in [0.1, 0.15) is 130 Å². The number of rotatable bonds is 30.